The number of nitrogens with zero attached hydrogens (tertiary/aromatic N) is 8. The van der Waals surface area contributed by atoms with Crippen LogP contribution >= 0.6 is 0 Å². The molecule has 1 aliphatic rings. The van der Waals surface area contributed by atoms with Crippen LogP contribution in [0.3, 0.4) is 0 Å². The molecule has 1 aliphatic heterocycles. The third-order valence-electron chi connectivity index (χ3n) is 7.85. The van der Waals surface area contributed by atoms with Crippen molar-refractivity contribution < 1.29 is 4.79 Å². The molecule has 2 aromatic carbocycles. The second-order valence-electron chi connectivity index (χ2n) is 11.8. The van der Waals surface area contributed by atoms with Crippen LogP contribution in [0.2, 0.25) is 0 Å². The number of aromatic amines is 1. The normalized spacial score (nSPS) is 16.0. The lowest BCUT2D eigenvalue weighted by molar-refractivity contribution is -0.141. The molecule has 5 aromatic rings. The molecule has 42 heavy (non-hydrogen) atoms. The molecule has 0 bridgehead atoms. The first-order chi connectivity index (χ1) is 20.3. The number of amides is 1. The van der Waals surface area contributed by atoms with Gasteiger partial charge in [0.05, 0.1) is 37.5 Å². The Morgan fingerprint density at radius 3 is 2.21 bits per heavy atom. The standard InChI is InChI=1S/C31H36N10O/c1-31(2,3)30(42)39-16-14-38(15-17-39)26(22-10-6-4-7-11-22)27(23-12-8-5-9-13-23)41-19-24(36-37-41)18-40-21-35-28(32)25-29(40)34-20-33-25/h4-13,19-21,26-27,32H,14-18H2,1-3H3,(H,33,34)/t26-,27+/m0/s1. The number of rotatable bonds is 7. The number of hydrogen-bond donors (Lipinski definition) is 2. The summed E-state index contributed by atoms with van der Waals surface area (Å²) in [6.07, 6.45) is 5.18. The van der Waals surface area contributed by atoms with Crippen molar-refractivity contribution in [2.24, 2.45) is 5.41 Å². The van der Waals surface area contributed by atoms with Crippen molar-refractivity contribution in [2.45, 2.75) is 39.4 Å². The van der Waals surface area contributed by atoms with E-state index in [9.17, 15) is 4.79 Å². The van der Waals surface area contributed by atoms with Gasteiger partial charge in [-0.15, -0.1) is 5.10 Å². The molecule has 1 fully saturated rings. The lowest BCUT2D eigenvalue weighted by atomic mass is 9.91. The summed E-state index contributed by atoms with van der Waals surface area (Å²) in [6.45, 7) is 9.23. The topological polar surface area (TPSA) is 125 Å². The predicted molar refractivity (Wildman–Crippen MR) is 158 cm³/mol. The molecule has 2 N–H and O–H groups in total. The zero-order valence-corrected chi connectivity index (χ0v) is 24.2. The number of piperazine rings is 1. The Balaban J connectivity index is 1.36. The fourth-order valence-electron chi connectivity index (χ4n) is 5.79. The van der Waals surface area contributed by atoms with Gasteiger partial charge < -0.3 is 14.5 Å². The number of nitrogens with one attached hydrogen (secondary N) is 2. The summed E-state index contributed by atoms with van der Waals surface area (Å²) in [6, 6.07) is 20.7. The Bertz CT molecular complexity index is 1710. The molecule has 3 aromatic heterocycles. The number of imidazole rings is 1. The minimum Gasteiger partial charge on any atom is -0.340 e. The van der Waals surface area contributed by atoms with E-state index in [1.807, 2.05) is 53.2 Å². The Morgan fingerprint density at radius 2 is 1.57 bits per heavy atom. The van der Waals surface area contributed by atoms with Gasteiger partial charge in [0, 0.05) is 31.6 Å². The Kier molecular flexibility index (Phi) is 7.42. The summed E-state index contributed by atoms with van der Waals surface area (Å²) >= 11 is 0. The minimum absolute atomic E-state index is 0.0370. The third-order valence-corrected chi connectivity index (χ3v) is 7.85. The Labute approximate surface area is 244 Å². The van der Waals surface area contributed by atoms with Crippen LogP contribution in [0.25, 0.3) is 11.2 Å². The molecule has 2 atom stereocenters. The molecule has 216 valence electrons. The van der Waals surface area contributed by atoms with Gasteiger partial charge in [-0.2, -0.15) is 0 Å². The van der Waals surface area contributed by atoms with Crippen LogP contribution < -0.4 is 5.49 Å². The van der Waals surface area contributed by atoms with Gasteiger partial charge >= 0.3 is 0 Å². The molecule has 11 nitrogen and oxygen atoms in total. The van der Waals surface area contributed by atoms with E-state index < -0.39 is 5.41 Å². The van der Waals surface area contributed by atoms with E-state index in [1.165, 1.54) is 5.56 Å². The number of carbonyl (C=O) groups is 1. The Hall–Kier alpha value is -4.64. The molecule has 0 spiro atoms. The summed E-state index contributed by atoms with van der Waals surface area (Å²) in [7, 11) is 0. The van der Waals surface area contributed by atoms with Crippen LogP contribution in [0.15, 0.2) is 79.5 Å². The summed E-state index contributed by atoms with van der Waals surface area (Å²) in [5.41, 5.74) is 4.05. The fraction of sp³-hybridized carbons (Fsp3) is 0.355. The smallest absolute Gasteiger partial charge is 0.228 e. The summed E-state index contributed by atoms with van der Waals surface area (Å²) in [4.78, 5) is 29.1. The number of benzene rings is 2. The lowest BCUT2D eigenvalue weighted by Crippen LogP contribution is -2.53. The molecule has 0 unspecified atom stereocenters. The molecule has 0 aliphatic carbocycles. The summed E-state index contributed by atoms with van der Waals surface area (Å²) in [5.74, 6) is 0.190. The van der Waals surface area contributed by atoms with Crippen molar-refractivity contribution in [2.75, 3.05) is 26.2 Å². The Morgan fingerprint density at radius 1 is 0.929 bits per heavy atom. The highest BCUT2D eigenvalue weighted by atomic mass is 16.2. The van der Waals surface area contributed by atoms with E-state index in [2.05, 4.69) is 78.7 Å². The van der Waals surface area contributed by atoms with E-state index in [-0.39, 0.29) is 23.5 Å². The fourth-order valence-corrected chi connectivity index (χ4v) is 5.79. The first kappa shape index (κ1) is 27.5. The van der Waals surface area contributed by atoms with Crippen molar-refractivity contribution in [3.63, 3.8) is 0 Å². The SMILES string of the molecule is CC(C)(C)C(=O)N1CCN([C@@H](c2ccccc2)[C@@H](c2ccccc2)n2cc(Cn3cnc(=N)c4[nH]cnc43)nn2)CC1. The van der Waals surface area contributed by atoms with Crippen LogP contribution in [0.5, 0.6) is 0 Å². The first-order valence-electron chi connectivity index (χ1n) is 14.3. The van der Waals surface area contributed by atoms with E-state index in [0.29, 0.717) is 30.8 Å². The molecular formula is C31H36N10O. The van der Waals surface area contributed by atoms with Crippen LogP contribution in [-0.2, 0) is 11.3 Å². The molecule has 1 amide bonds. The van der Waals surface area contributed by atoms with Gasteiger partial charge in [0.1, 0.15) is 11.2 Å². The van der Waals surface area contributed by atoms with E-state index in [4.69, 9.17) is 5.41 Å². The van der Waals surface area contributed by atoms with Gasteiger partial charge in [-0.1, -0.05) is 86.6 Å². The molecule has 4 heterocycles. The molecule has 0 saturated carbocycles. The van der Waals surface area contributed by atoms with Crippen molar-refractivity contribution in [1.82, 2.24) is 44.3 Å². The predicted octanol–water partition coefficient (Wildman–Crippen LogP) is 3.40. The van der Waals surface area contributed by atoms with Gasteiger partial charge in [-0.25, -0.2) is 14.6 Å². The third kappa shape index (κ3) is 5.47. The molecule has 11 heteroatoms. The zero-order valence-electron chi connectivity index (χ0n) is 24.2. The lowest BCUT2D eigenvalue weighted by Gasteiger charge is -2.43. The highest BCUT2D eigenvalue weighted by molar-refractivity contribution is 5.81. The highest BCUT2D eigenvalue weighted by Gasteiger charge is 2.36. The van der Waals surface area contributed by atoms with Gasteiger partial charge in [0.15, 0.2) is 11.1 Å². The van der Waals surface area contributed by atoms with Gasteiger partial charge in [0.25, 0.3) is 0 Å². The van der Waals surface area contributed by atoms with Crippen molar-refractivity contribution in [3.8, 4) is 0 Å². The van der Waals surface area contributed by atoms with Gasteiger partial charge in [0.2, 0.25) is 5.91 Å². The molecule has 6 rings (SSSR count). The molecule has 0 radical (unpaired) electrons. The van der Waals surface area contributed by atoms with Crippen LogP contribution in [0.1, 0.15) is 49.7 Å². The molecule has 1 saturated heterocycles. The van der Waals surface area contributed by atoms with Crippen molar-refractivity contribution in [3.05, 3.63) is 102 Å². The second kappa shape index (κ2) is 11.3. The van der Waals surface area contributed by atoms with E-state index in [1.54, 1.807) is 12.7 Å². The number of carbonyl (C=O) groups excluding carboxylic acids is 1. The first-order valence-corrected chi connectivity index (χ1v) is 14.3. The van der Waals surface area contributed by atoms with Crippen LogP contribution in [-0.4, -0.2) is 76.4 Å². The van der Waals surface area contributed by atoms with Gasteiger partial charge in [-0.3, -0.25) is 15.1 Å². The van der Waals surface area contributed by atoms with Crippen molar-refractivity contribution in [1.29, 1.82) is 5.41 Å². The minimum atomic E-state index is -0.402. The summed E-state index contributed by atoms with van der Waals surface area (Å²) < 4.78 is 3.83. The maximum atomic E-state index is 13.0. The average Bonchev–Trinajstić information content (AvgIpc) is 3.68. The van der Waals surface area contributed by atoms with Crippen molar-refractivity contribution >= 4 is 17.1 Å². The monoisotopic (exact) mass is 564 g/mol. The number of fused-ring (bicyclic) bond motifs is 1. The second-order valence-corrected chi connectivity index (χ2v) is 11.8. The number of hydrogen-bond acceptors (Lipinski definition) is 7. The maximum absolute atomic E-state index is 13.0. The zero-order chi connectivity index (χ0) is 29.3. The van der Waals surface area contributed by atoms with E-state index in [0.717, 1.165) is 24.3 Å². The quantitative estimate of drug-likeness (QED) is 0.312. The summed E-state index contributed by atoms with van der Waals surface area (Å²) in [5, 5.41) is 17.3. The van der Waals surface area contributed by atoms with Gasteiger partial charge in [-0.05, 0) is 11.1 Å². The average molecular weight is 565 g/mol. The maximum Gasteiger partial charge on any atom is 0.228 e. The highest BCUT2D eigenvalue weighted by Crippen LogP contribution is 2.38. The largest absolute Gasteiger partial charge is 0.340 e. The van der Waals surface area contributed by atoms with Crippen LogP contribution in [0, 0.1) is 10.8 Å². The molecular weight excluding hydrogens is 528 g/mol. The van der Waals surface area contributed by atoms with E-state index >= 15 is 0 Å². The number of aromatic nitrogens is 7. The number of H-pyrrole nitrogens is 1. The van der Waals surface area contributed by atoms with Crippen LogP contribution in [0.4, 0.5) is 0 Å².